The van der Waals surface area contributed by atoms with Gasteiger partial charge in [0.15, 0.2) is 0 Å². The third kappa shape index (κ3) is 6.21. The number of nitrogen functional groups attached to an aromatic ring is 1. The summed E-state index contributed by atoms with van der Waals surface area (Å²) in [6.45, 7) is 0.916. The van der Waals surface area contributed by atoms with E-state index < -0.39 is 0 Å². The number of nitrogens with zero attached hydrogens (tertiary/aromatic N) is 2. The SMILES string of the molecule is Nc1nnc(CCNC(=O)CCCOc2ccc(Cl)cc2Cl)s1. The molecule has 23 heavy (non-hydrogen) atoms. The Bertz CT molecular complexity index is 666. The Kier molecular flexibility index (Phi) is 6.88. The van der Waals surface area contributed by atoms with Gasteiger partial charge in [0, 0.05) is 24.4 Å². The Morgan fingerprint density at radius 3 is 2.87 bits per heavy atom. The van der Waals surface area contributed by atoms with Gasteiger partial charge < -0.3 is 15.8 Å². The zero-order valence-electron chi connectivity index (χ0n) is 12.2. The van der Waals surface area contributed by atoms with Gasteiger partial charge in [0.25, 0.3) is 0 Å². The first kappa shape index (κ1) is 17.8. The molecule has 0 bridgehead atoms. The number of rotatable bonds is 8. The number of amides is 1. The minimum Gasteiger partial charge on any atom is -0.492 e. The van der Waals surface area contributed by atoms with Crippen LogP contribution in [-0.2, 0) is 11.2 Å². The first-order valence-corrected chi connectivity index (χ1v) is 8.54. The van der Waals surface area contributed by atoms with E-state index in [-0.39, 0.29) is 5.91 Å². The van der Waals surface area contributed by atoms with Crippen LogP contribution >= 0.6 is 34.5 Å². The van der Waals surface area contributed by atoms with Gasteiger partial charge in [0.2, 0.25) is 11.0 Å². The minimum atomic E-state index is -0.0340. The van der Waals surface area contributed by atoms with E-state index in [1.165, 1.54) is 11.3 Å². The van der Waals surface area contributed by atoms with Crippen LogP contribution in [0.2, 0.25) is 10.0 Å². The Morgan fingerprint density at radius 2 is 2.17 bits per heavy atom. The van der Waals surface area contributed by atoms with E-state index in [4.69, 9.17) is 33.7 Å². The van der Waals surface area contributed by atoms with Crippen molar-refractivity contribution >= 4 is 45.6 Å². The summed E-state index contributed by atoms with van der Waals surface area (Å²) in [5.74, 6) is 0.527. The second kappa shape index (κ2) is 8.90. The highest BCUT2D eigenvalue weighted by Gasteiger charge is 2.05. The maximum Gasteiger partial charge on any atom is 0.220 e. The van der Waals surface area contributed by atoms with E-state index >= 15 is 0 Å². The highest BCUT2D eigenvalue weighted by Crippen LogP contribution is 2.27. The van der Waals surface area contributed by atoms with Crippen molar-refractivity contribution < 1.29 is 9.53 Å². The second-order valence-electron chi connectivity index (χ2n) is 4.66. The predicted molar refractivity (Wildman–Crippen MR) is 92.2 cm³/mol. The number of hydrogen-bond donors (Lipinski definition) is 2. The molecule has 124 valence electrons. The van der Waals surface area contributed by atoms with E-state index in [1.807, 2.05) is 0 Å². The fraction of sp³-hybridized carbons (Fsp3) is 0.357. The summed E-state index contributed by atoms with van der Waals surface area (Å²) in [7, 11) is 0. The largest absolute Gasteiger partial charge is 0.492 e. The Hall–Kier alpha value is -1.57. The van der Waals surface area contributed by atoms with Crippen molar-refractivity contribution in [3.05, 3.63) is 33.3 Å². The molecule has 0 aliphatic rings. The van der Waals surface area contributed by atoms with Crippen LogP contribution in [0.4, 0.5) is 5.13 Å². The molecule has 2 rings (SSSR count). The fourth-order valence-electron chi connectivity index (χ4n) is 1.77. The van der Waals surface area contributed by atoms with Gasteiger partial charge in [-0.2, -0.15) is 0 Å². The van der Waals surface area contributed by atoms with E-state index in [9.17, 15) is 4.79 Å². The lowest BCUT2D eigenvalue weighted by molar-refractivity contribution is -0.121. The summed E-state index contributed by atoms with van der Waals surface area (Å²) in [5.41, 5.74) is 5.48. The van der Waals surface area contributed by atoms with Crippen LogP contribution in [0.25, 0.3) is 0 Å². The lowest BCUT2D eigenvalue weighted by Gasteiger charge is -2.08. The van der Waals surface area contributed by atoms with Crippen molar-refractivity contribution in [2.75, 3.05) is 18.9 Å². The molecule has 3 N–H and O–H groups in total. The van der Waals surface area contributed by atoms with E-state index in [2.05, 4.69) is 15.5 Å². The van der Waals surface area contributed by atoms with Gasteiger partial charge in [-0.3, -0.25) is 4.79 Å². The Morgan fingerprint density at radius 1 is 1.35 bits per heavy atom. The van der Waals surface area contributed by atoms with Crippen molar-refractivity contribution in [2.24, 2.45) is 0 Å². The van der Waals surface area contributed by atoms with Crippen LogP contribution in [0.1, 0.15) is 17.8 Å². The topological polar surface area (TPSA) is 90.1 Å². The smallest absolute Gasteiger partial charge is 0.220 e. The molecule has 9 heteroatoms. The van der Waals surface area contributed by atoms with Crippen molar-refractivity contribution in [1.82, 2.24) is 15.5 Å². The number of anilines is 1. The summed E-state index contributed by atoms with van der Waals surface area (Å²) in [4.78, 5) is 11.7. The number of ether oxygens (including phenoxy) is 1. The van der Waals surface area contributed by atoms with E-state index in [0.717, 1.165) is 5.01 Å². The maximum absolute atomic E-state index is 11.7. The molecular formula is C14H16Cl2N4O2S. The summed E-state index contributed by atoms with van der Waals surface area (Å²) in [6.07, 6.45) is 1.59. The van der Waals surface area contributed by atoms with Crippen molar-refractivity contribution in [1.29, 1.82) is 0 Å². The molecule has 0 saturated heterocycles. The molecule has 0 unspecified atom stereocenters. The molecule has 0 saturated carbocycles. The normalized spacial score (nSPS) is 10.5. The molecule has 1 heterocycles. The monoisotopic (exact) mass is 374 g/mol. The quantitative estimate of drug-likeness (QED) is 0.693. The number of hydrogen-bond acceptors (Lipinski definition) is 6. The van der Waals surface area contributed by atoms with Gasteiger partial charge in [-0.05, 0) is 24.6 Å². The molecule has 1 aromatic carbocycles. The zero-order valence-corrected chi connectivity index (χ0v) is 14.5. The molecule has 0 spiro atoms. The molecule has 0 radical (unpaired) electrons. The van der Waals surface area contributed by atoms with Crippen LogP contribution in [0.15, 0.2) is 18.2 Å². The molecule has 1 aromatic heterocycles. The molecule has 0 aliphatic heterocycles. The lowest BCUT2D eigenvalue weighted by atomic mass is 10.3. The highest BCUT2D eigenvalue weighted by atomic mass is 35.5. The molecule has 0 aliphatic carbocycles. The minimum absolute atomic E-state index is 0.0340. The summed E-state index contributed by atoms with van der Waals surface area (Å²) >= 11 is 13.1. The van der Waals surface area contributed by atoms with Crippen molar-refractivity contribution in [3.63, 3.8) is 0 Å². The van der Waals surface area contributed by atoms with Crippen LogP contribution in [0.3, 0.4) is 0 Å². The van der Waals surface area contributed by atoms with Gasteiger partial charge in [0.05, 0.1) is 11.6 Å². The number of nitrogens with one attached hydrogen (secondary N) is 1. The van der Waals surface area contributed by atoms with Crippen LogP contribution in [0.5, 0.6) is 5.75 Å². The highest BCUT2D eigenvalue weighted by molar-refractivity contribution is 7.15. The van der Waals surface area contributed by atoms with Crippen molar-refractivity contribution in [2.45, 2.75) is 19.3 Å². The van der Waals surface area contributed by atoms with E-state index in [1.54, 1.807) is 18.2 Å². The first-order valence-electron chi connectivity index (χ1n) is 6.97. The number of nitrogens with two attached hydrogens (primary N) is 1. The van der Waals surface area contributed by atoms with Gasteiger partial charge in [0.1, 0.15) is 10.8 Å². The average molecular weight is 375 g/mol. The number of aromatic nitrogens is 2. The Labute approximate surface area is 147 Å². The number of halogens is 2. The van der Waals surface area contributed by atoms with Gasteiger partial charge >= 0.3 is 0 Å². The van der Waals surface area contributed by atoms with Gasteiger partial charge in [-0.1, -0.05) is 34.5 Å². The van der Waals surface area contributed by atoms with Crippen molar-refractivity contribution in [3.8, 4) is 5.75 Å². The third-order valence-electron chi connectivity index (χ3n) is 2.84. The first-order chi connectivity index (χ1) is 11.0. The number of carbonyl (C=O) groups is 1. The second-order valence-corrected chi connectivity index (χ2v) is 6.60. The van der Waals surface area contributed by atoms with Gasteiger partial charge in [-0.15, -0.1) is 10.2 Å². The third-order valence-corrected chi connectivity index (χ3v) is 4.19. The lowest BCUT2D eigenvalue weighted by Crippen LogP contribution is -2.25. The van der Waals surface area contributed by atoms with Gasteiger partial charge in [-0.25, -0.2) is 0 Å². The van der Waals surface area contributed by atoms with Crippen LogP contribution in [-0.4, -0.2) is 29.3 Å². The van der Waals surface area contributed by atoms with Crippen LogP contribution in [0, 0.1) is 0 Å². The molecule has 1 amide bonds. The zero-order chi connectivity index (χ0) is 16.7. The molecule has 6 nitrogen and oxygen atoms in total. The fourth-order valence-corrected chi connectivity index (χ4v) is 2.84. The number of carbonyl (C=O) groups excluding carboxylic acids is 1. The molecular weight excluding hydrogens is 359 g/mol. The summed E-state index contributed by atoms with van der Waals surface area (Å²) in [5, 5.41) is 12.7. The molecule has 0 fully saturated rings. The summed E-state index contributed by atoms with van der Waals surface area (Å²) in [6, 6.07) is 5.03. The Balaban J connectivity index is 1.59. The maximum atomic E-state index is 11.7. The summed E-state index contributed by atoms with van der Waals surface area (Å²) < 4.78 is 5.52. The number of benzene rings is 1. The molecule has 0 atom stereocenters. The molecule has 2 aromatic rings. The standard InChI is InChI=1S/C14H16Cl2N4O2S/c15-9-3-4-11(10(16)8-9)22-7-1-2-12(21)18-6-5-13-19-20-14(17)23-13/h3-4,8H,1-2,5-7H2,(H2,17,20)(H,18,21). The van der Waals surface area contributed by atoms with E-state index in [0.29, 0.717) is 53.3 Å². The predicted octanol–water partition coefficient (Wildman–Crippen LogP) is 2.95. The van der Waals surface area contributed by atoms with Crippen LogP contribution < -0.4 is 15.8 Å². The average Bonchev–Trinajstić information content (AvgIpc) is 2.91.